The molecule has 0 radical (unpaired) electrons. The first-order valence-corrected chi connectivity index (χ1v) is 7.75. The van der Waals surface area contributed by atoms with Gasteiger partial charge in [0.05, 0.1) is 17.6 Å². The molecule has 94 valence electrons. The normalized spacial score (nSPS) is 26.6. The molecular formula is C13H18O3S. The van der Waals surface area contributed by atoms with E-state index in [2.05, 4.69) is 0 Å². The molecule has 0 aromatic heterocycles. The summed E-state index contributed by atoms with van der Waals surface area (Å²) >= 11 is 0. The molecule has 1 aliphatic heterocycles. The fraction of sp³-hybridized carbons (Fsp3) is 0.538. The lowest BCUT2D eigenvalue weighted by molar-refractivity contribution is 0.0968. The van der Waals surface area contributed by atoms with E-state index in [0.29, 0.717) is 6.42 Å². The molecule has 0 aliphatic carbocycles. The number of sulfone groups is 1. The van der Waals surface area contributed by atoms with Gasteiger partial charge in [0.1, 0.15) is 0 Å². The third kappa shape index (κ3) is 2.87. The van der Waals surface area contributed by atoms with Crippen LogP contribution in [0.25, 0.3) is 0 Å². The van der Waals surface area contributed by atoms with E-state index in [1.165, 1.54) is 0 Å². The monoisotopic (exact) mass is 254 g/mol. The maximum atomic E-state index is 11.4. The van der Waals surface area contributed by atoms with Crippen LogP contribution in [0, 0.1) is 5.92 Å². The van der Waals surface area contributed by atoms with Crippen LogP contribution in [0.15, 0.2) is 30.3 Å². The summed E-state index contributed by atoms with van der Waals surface area (Å²) in [4.78, 5) is 0. The number of benzene rings is 1. The third-order valence-corrected chi connectivity index (χ3v) is 5.38. The number of rotatable bonds is 3. The highest BCUT2D eigenvalue weighted by Gasteiger charge is 2.35. The Morgan fingerprint density at radius 1 is 1.29 bits per heavy atom. The van der Waals surface area contributed by atoms with Crippen molar-refractivity contribution in [2.45, 2.75) is 25.4 Å². The predicted octanol–water partition coefficient (Wildman–Crippen LogP) is 1.59. The first-order chi connectivity index (χ1) is 7.99. The van der Waals surface area contributed by atoms with Crippen molar-refractivity contribution < 1.29 is 13.5 Å². The Morgan fingerprint density at radius 2 is 1.94 bits per heavy atom. The smallest absolute Gasteiger partial charge is 0.150 e. The van der Waals surface area contributed by atoms with E-state index < -0.39 is 15.9 Å². The van der Waals surface area contributed by atoms with E-state index in [9.17, 15) is 13.5 Å². The average molecular weight is 254 g/mol. The highest BCUT2D eigenvalue weighted by atomic mass is 32.2. The molecule has 3 nitrogen and oxygen atoms in total. The number of hydrogen-bond acceptors (Lipinski definition) is 3. The van der Waals surface area contributed by atoms with Crippen LogP contribution >= 0.6 is 0 Å². The van der Waals surface area contributed by atoms with Crippen molar-refractivity contribution in [3.63, 3.8) is 0 Å². The SMILES string of the molecule is CC(c1ccccc1)C(O)C1CCS(=O)(=O)C1. The quantitative estimate of drug-likeness (QED) is 0.891. The lowest BCUT2D eigenvalue weighted by atomic mass is 9.87. The molecule has 3 unspecified atom stereocenters. The van der Waals surface area contributed by atoms with Gasteiger partial charge < -0.3 is 5.11 Å². The molecule has 1 aromatic rings. The van der Waals surface area contributed by atoms with Gasteiger partial charge in [-0.15, -0.1) is 0 Å². The van der Waals surface area contributed by atoms with Crippen LogP contribution in [0.4, 0.5) is 0 Å². The van der Waals surface area contributed by atoms with Crippen LogP contribution in [0.1, 0.15) is 24.8 Å². The van der Waals surface area contributed by atoms with Crippen LogP contribution in [-0.4, -0.2) is 31.1 Å². The lowest BCUT2D eigenvalue weighted by Gasteiger charge is -2.23. The molecule has 1 N–H and O–H groups in total. The second kappa shape index (κ2) is 4.78. The van der Waals surface area contributed by atoms with Crippen LogP contribution in [0.2, 0.25) is 0 Å². The number of hydrogen-bond donors (Lipinski definition) is 1. The molecule has 0 amide bonds. The van der Waals surface area contributed by atoms with Gasteiger partial charge in [-0.05, 0) is 12.0 Å². The molecule has 17 heavy (non-hydrogen) atoms. The Hall–Kier alpha value is -0.870. The minimum absolute atomic E-state index is 0.0190. The number of aliphatic hydroxyl groups excluding tert-OH is 1. The maximum Gasteiger partial charge on any atom is 0.150 e. The summed E-state index contributed by atoms with van der Waals surface area (Å²) in [6, 6.07) is 9.74. The van der Waals surface area contributed by atoms with Gasteiger partial charge in [-0.1, -0.05) is 37.3 Å². The summed E-state index contributed by atoms with van der Waals surface area (Å²) in [7, 11) is -2.92. The third-order valence-electron chi connectivity index (χ3n) is 3.59. The summed E-state index contributed by atoms with van der Waals surface area (Å²) in [5.41, 5.74) is 1.06. The second-order valence-electron chi connectivity index (χ2n) is 4.85. The van der Waals surface area contributed by atoms with Crippen molar-refractivity contribution in [2.75, 3.05) is 11.5 Å². The van der Waals surface area contributed by atoms with Crippen molar-refractivity contribution in [1.82, 2.24) is 0 Å². The molecule has 1 aliphatic rings. The van der Waals surface area contributed by atoms with E-state index in [1.807, 2.05) is 37.3 Å². The zero-order valence-corrected chi connectivity index (χ0v) is 10.7. The molecule has 2 rings (SSSR count). The molecule has 0 bridgehead atoms. The van der Waals surface area contributed by atoms with Gasteiger partial charge in [-0.25, -0.2) is 8.42 Å². The first kappa shape index (κ1) is 12.6. The van der Waals surface area contributed by atoms with Gasteiger partial charge in [0.15, 0.2) is 9.84 Å². The van der Waals surface area contributed by atoms with Crippen LogP contribution in [0.5, 0.6) is 0 Å². The average Bonchev–Trinajstić information content (AvgIpc) is 2.69. The minimum Gasteiger partial charge on any atom is -0.392 e. The summed E-state index contributed by atoms with van der Waals surface area (Å²) in [5.74, 6) is 0.214. The van der Waals surface area contributed by atoms with Gasteiger partial charge in [0.2, 0.25) is 0 Å². The van der Waals surface area contributed by atoms with E-state index in [4.69, 9.17) is 0 Å². The molecule has 0 spiro atoms. The Balaban J connectivity index is 2.08. The summed E-state index contributed by atoms with van der Waals surface area (Å²) in [6.07, 6.45) is 0.00963. The molecular weight excluding hydrogens is 236 g/mol. The molecule has 1 aromatic carbocycles. The molecule has 4 heteroatoms. The highest BCUT2D eigenvalue weighted by Crippen LogP contribution is 2.30. The van der Waals surface area contributed by atoms with Crippen LogP contribution < -0.4 is 0 Å². The van der Waals surface area contributed by atoms with Crippen molar-refractivity contribution >= 4 is 9.84 Å². The van der Waals surface area contributed by atoms with Crippen molar-refractivity contribution in [2.24, 2.45) is 5.92 Å². The topological polar surface area (TPSA) is 54.4 Å². The molecule has 1 heterocycles. The lowest BCUT2D eigenvalue weighted by Crippen LogP contribution is -2.27. The Kier molecular flexibility index (Phi) is 3.54. The van der Waals surface area contributed by atoms with Gasteiger partial charge >= 0.3 is 0 Å². The fourth-order valence-electron chi connectivity index (χ4n) is 2.46. The predicted molar refractivity (Wildman–Crippen MR) is 67.6 cm³/mol. The molecule has 1 fully saturated rings. The Morgan fingerprint density at radius 3 is 2.47 bits per heavy atom. The van der Waals surface area contributed by atoms with Crippen molar-refractivity contribution in [3.8, 4) is 0 Å². The zero-order chi connectivity index (χ0) is 12.5. The Bertz CT molecular complexity index is 467. The molecule has 1 saturated heterocycles. The highest BCUT2D eigenvalue weighted by molar-refractivity contribution is 7.91. The van der Waals surface area contributed by atoms with Crippen LogP contribution in [-0.2, 0) is 9.84 Å². The Labute approximate surface area is 102 Å². The van der Waals surface area contributed by atoms with Crippen molar-refractivity contribution in [1.29, 1.82) is 0 Å². The summed E-state index contributed by atoms with van der Waals surface area (Å²) in [5, 5.41) is 10.2. The van der Waals surface area contributed by atoms with Crippen LogP contribution in [0.3, 0.4) is 0 Å². The summed E-state index contributed by atoms with van der Waals surface area (Å²) < 4.78 is 22.8. The van der Waals surface area contributed by atoms with Gasteiger partial charge in [0.25, 0.3) is 0 Å². The standard InChI is InChI=1S/C13H18O3S/c1-10(11-5-3-2-4-6-11)13(14)12-7-8-17(15,16)9-12/h2-6,10,12-14H,7-9H2,1H3. The van der Waals surface area contributed by atoms with E-state index in [1.54, 1.807) is 0 Å². The van der Waals surface area contributed by atoms with E-state index in [-0.39, 0.29) is 23.3 Å². The van der Waals surface area contributed by atoms with Gasteiger partial charge in [0, 0.05) is 11.8 Å². The maximum absolute atomic E-state index is 11.4. The minimum atomic E-state index is -2.92. The summed E-state index contributed by atoms with van der Waals surface area (Å²) in [6.45, 7) is 1.95. The zero-order valence-electron chi connectivity index (χ0n) is 9.91. The van der Waals surface area contributed by atoms with Crippen molar-refractivity contribution in [3.05, 3.63) is 35.9 Å². The largest absolute Gasteiger partial charge is 0.392 e. The fourth-order valence-corrected chi connectivity index (χ4v) is 4.30. The van der Waals surface area contributed by atoms with Gasteiger partial charge in [-0.2, -0.15) is 0 Å². The molecule has 3 atom stereocenters. The molecule has 0 saturated carbocycles. The van der Waals surface area contributed by atoms with E-state index >= 15 is 0 Å². The van der Waals surface area contributed by atoms with Gasteiger partial charge in [-0.3, -0.25) is 0 Å². The first-order valence-electron chi connectivity index (χ1n) is 5.93. The second-order valence-corrected chi connectivity index (χ2v) is 7.08. The van der Waals surface area contributed by atoms with E-state index in [0.717, 1.165) is 5.56 Å². The number of aliphatic hydroxyl groups is 1.